The molecule has 2 aromatic heterocycles. The molecule has 12 rings (SSSR count). The number of hydrogen-bond donors (Lipinski definition) is 0. The van der Waals surface area contributed by atoms with Crippen LogP contribution in [0.15, 0.2) is 188 Å². The Hall–Kier alpha value is -7.10. The van der Waals surface area contributed by atoms with E-state index in [0.717, 1.165) is 28.4 Å². The highest BCUT2D eigenvalue weighted by Crippen LogP contribution is 2.53. The molecule has 0 amide bonds. The lowest BCUT2D eigenvalue weighted by Gasteiger charge is -2.30. The Labute approximate surface area is 345 Å². The fourth-order valence-corrected chi connectivity index (χ4v) is 10.6. The van der Waals surface area contributed by atoms with Crippen molar-refractivity contribution in [2.75, 3.05) is 4.90 Å². The minimum atomic E-state index is -0.128. The fraction of sp³-hybridized carbons (Fsp3) is 0.107. The Morgan fingerprint density at radius 2 is 0.898 bits per heavy atom. The Morgan fingerprint density at radius 3 is 1.51 bits per heavy atom. The SMILES string of the molecule is CC1(C)c2ccccc2-c2ccc(N(c3ccc4c(c3)C(C)(C)c3ccccc3-4)c3ccc4c(c3)c3c5c(ccc3n4-c3ccccc3)ccn5-c3ccccc3)cc21. The van der Waals surface area contributed by atoms with Crippen molar-refractivity contribution in [3.8, 4) is 33.6 Å². The molecule has 8 aromatic carbocycles. The van der Waals surface area contributed by atoms with Gasteiger partial charge in [-0.3, -0.25) is 0 Å². The largest absolute Gasteiger partial charge is 0.316 e. The molecule has 3 heteroatoms. The van der Waals surface area contributed by atoms with Crippen LogP contribution in [0.5, 0.6) is 0 Å². The molecule has 10 aromatic rings. The van der Waals surface area contributed by atoms with Crippen molar-refractivity contribution in [2.24, 2.45) is 0 Å². The standard InChI is InChI=1S/C56H43N3/c1-55(2)47-21-13-11-19-42(47)44-27-24-40(34-49(44)55)58(41-25-28-45-43-20-12-14-22-48(43)56(3,4)50(45)35-41)39-26-30-51-46(33-39)53-52(59(51)38-17-9-6-10-18-38)29-23-36-31-32-57(54(36)53)37-15-7-5-8-16-37/h5-35H,1-4H3. The van der Waals surface area contributed by atoms with Crippen molar-refractivity contribution in [1.82, 2.24) is 9.13 Å². The van der Waals surface area contributed by atoms with Gasteiger partial charge in [0.25, 0.3) is 0 Å². The van der Waals surface area contributed by atoms with Crippen LogP contribution in [-0.4, -0.2) is 9.13 Å². The third-order valence-electron chi connectivity index (χ3n) is 13.5. The average Bonchev–Trinajstić information content (AvgIpc) is 3.98. The predicted molar refractivity (Wildman–Crippen MR) is 247 cm³/mol. The van der Waals surface area contributed by atoms with Crippen molar-refractivity contribution < 1.29 is 0 Å². The average molecular weight is 758 g/mol. The van der Waals surface area contributed by atoms with Gasteiger partial charge in [0.2, 0.25) is 0 Å². The summed E-state index contributed by atoms with van der Waals surface area (Å²) in [7, 11) is 0. The van der Waals surface area contributed by atoms with Crippen LogP contribution >= 0.6 is 0 Å². The highest BCUT2D eigenvalue weighted by molar-refractivity contribution is 6.21. The number of rotatable bonds is 5. The van der Waals surface area contributed by atoms with Gasteiger partial charge in [-0.1, -0.05) is 131 Å². The second kappa shape index (κ2) is 12.2. The van der Waals surface area contributed by atoms with Gasteiger partial charge in [-0.25, -0.2) is 0 Å². The van der Waals surface area contributed by atoms with Crippen molar-refractivity contribution >= 4 is 49.8 Å². The monoisotopic (exact) mass is 757 g/mol. The lowest BCUT2D eigenvalue weighted by molar-refractivity contribution is 0.660. The first kappa shape index (κ1) is 34.0. The number of nitrogens with zero attached hydrogens (tertiary/aromatic N) is 3. The van der Waals surface area contributed by atoms with Gasteiger partial charge in [0.05, 0.1) is 16.6 Å². The lowest BCUT2D eigenvalue weighted by atomic mass is 9.82. The smallest absolute Gasteiger partial charge is 0.0628 e. The Bertz CT molecular complexity index is 3220. The molecule has 282 valence electrons. The van der Waals surface area contributed by atoms with Gasteiger partial charge >= 0.3 is 0 Å². The molecule has 0 radical (unpaired) electrons. The fourth-order valence-electron chi connectivity index (χ4n) is 10.6. The minimum Gasteiger partial charge on any atom is -0.316 e. The summed E-state index contributed by atoms with van der Waals surface area (Å²) in [5.74, 6) is 0. The van der Waals surface area contributed by atoms with E-state index in [4.69, 9.17) is 0 Å². The summed E-state index contributed by atoms with van der Waals surface area (Å²) < 4.78 is 4.79. The molecule has 2 heterocycles. The highest BCUT2D eigenvalue weighted by Gasteiger charge is 2.38. The summed E-state index contributed by atoms with van der Waals surface area (Å²) in [5, 5.41) is 3.68. The minimum absolute atomic E-state index is 0.128. The molecule has 2 aliphatic carbocycles. The van der Waals surface area contributed by atoms with E-state index >= 15 is 0 Å². The summed E-state index contributed by atoms with van der Waals surface area (Å²) in [6.45, 7) is 9.49. The summed E-state index contributed by atoms with van der Waals surface area (Å²) in [6, 6.07) is 67.6. The molecule has 2 aliphatic rings. The van der Waals surface area contributed by atoms with Crippen molar-refractivity contribution in [2.45, 2.75) is 38.5 Å². The molecular formula is C56H43N3. The van der Waals surface area contributed by atoms with Crippen LogP contribution in [-0.2, 0) is 10.8 Å². The van der Waals surface area contributed by atoms with Gasteiger partial charge in [0.1, 0.15) is 0 Å². The van der Waals surface area contributed by atoms with E-state index in [-0.39, 0.29) is 10.8 Å². The normalized spacial score (nSPS) is 14.4. The highest BCUT2D eigenvalue weighted by atomic mass is 15.1. The van der Waals surface area contributed by atoms with Crippen LogP contribution in [0.3, 0.4) is 0 Å². The zero-order valence-electron chi connectivity index (χ0n) is 33.7. The van der Waals surface area contributed by atoms with Crippen molar-refractivity contribution in [3.05, 3.63) is 210 Å². The second-order valence-electron chi connectivity index (χ2n) is 17.4. The number of para-hydroxylation sites is 2. The first-order chi connectivity index (χ1) is 28.8. The van der Waals surface area contributed by atoms with E-state index in [1.54, 1.807) is 0 Å². The number of benzene rings is 8. The van der Waals surface area contributed by atoms with Crippen LogP contribution in [0.2, 0.25) is 0 Å². The Balaban J connectivity index is 1.14. The van der Waals surface area contributed by atoms with Gasteiger partial charge in [0.15, 0.2) is 0 Å². The van der Waals surface area contributed by atoms with E-state index in [1.165, 1.54) is 77.2 Å². The molecule has 0 fully saturated rings. The van der Waals surface area contributed by atoms with Crippen molar-refractivity contribution in [1.29, 1.82) is 0 Å². The summed E-state index contributed by atoms with van der Waals surface area (Å²) in [4.78, 5) is 2.50. The number of aromatic nitrogens is 2. The third-order valence-corrected chi connectivity index (χ3v) is 13.5. The van der Waals surface area contributed by atoms with Crippen LogP contribution in [0.4, 0.5) is 17.1 Å². The molecule has 59 heavy (non-hydrogen) atoms. The predicted octanol–water partition coefficient (Wildman–Crippen LogP) is 14.8. The Morgan fingerprint density at radius 1 is 0.407 bits per heavy atom. The number of hydrogen-bond acceptors (Lipinski definition) is 1. The zero-order valence-corrected chi connectivity index (χ0v) is 33.7. The maximum absolute atomic E-state index is 2.50. The molecule has 0 aliphatic heterocycles. The van der Waals surface area contributed by atoms with Crippen molar-refractivity contribution in [3.63, 3.8) is 0 Å². The first-order valence-corrected chi connectivity index (χ1v) is 20.8. The summed E-state index contributed by atoms with van der Waals surface area (Å²) in [6.07, 6.45) is 2.22. The zero-order chi connectivity index (χ0) is 39.6. The van der Waals surface area contributed by atoms with E-state index in [0.29, 0.717) is 0 Å². The van der Waals surface area contributed by atoms with E-state index in [1.807, 2.05) is 0 Å². The van der Waals surface area contributed by atoms with E-state index < -0.39 is 0 Å². The van der Waals surface area contributed by atoms with Gasteiger partial charge in [-0.15, -0.1) is 0 Å². The van der Waals surface area contributed by atoms with Gasteiger partial charge in [-0.05, 0) is 123 Å². The van der Waals surface area contributed by atoms with Gasteiger partial charge in [-0.2, -0.15) is 0 Å². The molecule has 0 saturated carbocycles. The molecule has 0 unspecified atom stereocenters. The topological polar surface area (TPSA) is 13.1 Å². The molecular weight excluding hydrogens is 715 g/mol. The van der Waals surface area contributed by atoms with Gasteiger partial charge in [0, 0.05) is 61.6 Å². The second-order valence-corrected chi connectivity index (χ2v) is 17.4. The number of anilines is 3. The van der Waals surface area contributed by atoms with Crippen LogP contribution in [0.1, 0.15) is 49.9 Å². The van der Waals surface area contributed by atoms with E-state index in [2.05, 4.69) is 230 Å². The molecule has 0 saturated heterocycles. The van der Waals surface area contributed by atoms with Crippen LogP contribution < -0.4 is 4.90 Å². The third kappa shape index (κ3) is 4.76. The molecule has 3 nitrogen and oxygen atoms in total. The van der Waals surface area contributed by atoms with Crippen LogP contribution in [0.25, 0.3) is 66.3 Å². The maximum atomic E-state index is 2.50. The molecule has 0 atom stereocenters. The maximum Gasteiger partial charge on any atom is 0.0628 e. The Kier molecular flexibility index (Phi) is 7.03. The van der Waals surface area contributed by atoms with Gasteiger partial charge < -0.3 is 14.0 Å². The van der Waals surface area contributed by atoms with Crippen LogP contribution in [0, 0.1) is 0 Å². The number of fused-ring (bicyclic) bond motifs is 11. The molecule has 0 bridgehead atoms. The lowest BCUT2D eigenvalue weighted by Crippen LogP contribution is -2.18. The molecule has 0 spiro atoms. The summed E-state index contributed by atoms with van der Waals surface area (Å²) in [5.41, 5.74) is 19.9. The van der Waals surface area contributed by atoms with E-state index in [9.17, 15) is 0 Å². The summed E-state index contributed by atoms with van der Waals surface area (Å²) >= 11 is 0. The first-order valence-electron chi connectivity index (χ1n) is 20.8. The molecule has 0 N–H and O–H groups in total. The quantitative estimate of drug-likeness (QED) is 0.170.